The first-order valence-electron chi connectivity index (χ1n) is 5.04. The van der Waals surface area contributed by atoms with Gasteiger partial charge in [-0.1, -0.05) is 24.3 Å². The molecule has 0 aromatic heterocycles. The summed E-state index contributed by atoms with van der Waals surface area (Å²) in [4.78, 5) is 11.8. The highest BCUT2D eigenvalue weighted by Crippen LogP contribution is 2.31. The summed E-state index contributed by atoms with van der Waals surface area (Å²) < 4.78 is 0. The Bertz CT molecular complexity index is 489. The highest BCUT2D eigenvalue weighted by Gasteiger charge is 2.22. The Morgan fingerprint density at radius 1 is 1.50 bits per heavy atom. The van der Waals surface area contributed by atoms with Crippen molar-refractivity contribution in [2.75, 3.05) is 0 Å². The Morgan fingerprint density at radius 3 is 2.94 bits per heavy atom. The number of carbonyl (C=O) groups is 1. The van der Waals surface area contributed by atoms with E-state index in [1.165, 1.54) is 11.9 Å². The fourth-order valence-electron chi connectivity index (χ4n) is 1.96. The van der Waals surface area contributed by atoms with E-state index in [0.29, 0.717) is 6.42 Å². The van der Waals surface area contributed by atoms with Crippen LogP contribution in [0.25, 0.3) is 5.57 Å². The summed E-state index contributed by atoms with van der Waals surface area (Å²) in [6.07, 6.45) is 1.87. The number of allylic oxidation sites excluding steroid dienone is 1. The Morgan fingerprint density at radius 2 is 2.25 bits per heavy atom. The van der Waals surface area contributed by atoms with Gasteiger partial charge in [0, 0.05) is 12.0 Å². The summed E-state index contributed by atoms with van der Waals surface area (Å²) in [5.74, 6) is 4.80. The van der Waals surface area contributed by atoms with Crippen molar-refractivity contribution in [2.45, 2.75) is 13.3 Å². The van der Waals surface area contributed by atoms with Crippen LogP contribution in [0.15, 0.2) is 34.9 Å². The minimum absolute atomic E-state index is 0.136. The van der Waals surface area contributed by atoms with Gasteiger partial charge in [0.25, 0.3) is 5.91 Å². The van der Waals surface area contributed by atoms with Crippen molar-refractivity contribution in [3.63, 3.8) is 0 Å². The molecule has 1 aromatic carbocycles. The highest BCUT2D eigenvalue weighted by molar-refractivity contribution is 6.07. The molecule has 0 saturated carbocycles. The van der Waals surface area contributed by atoms with Crippen LogP contribution in [-0.2, 0) is 11.2 Å². The zero-order valence-corrected chi connectivity index (χ0v) is 9.03. The number of hydrogen-bond donors (Lipinski definition) is 2. The smallest absolute Gasteiger partial charge is 0.252 e. The third-order valence-electron chi connectivity index (χ3n) is 2.79. The SMILES string of the molecule is CC1=C(C(=O)NC=NN)Cc2ccccc21. The molecule has 16 heavy (non-hydrogen) atoms. The molecule has 0 atom stereocenters. The van der Waals surface area contributed by atoms with Crippen molar-refractivity contribution < 1.29 is 4.79 Å². The lowest BCUT2D eigenvalue weighted by molar-refractivity contribution is -0.116. The number of hydrazone groups is 1. The monoisotopic (exact) mass is 215 g/mol. The van der Waals surface area contributed by atoms with Gasteiger partial charge in [0.15, 0.2) is 0 Å². The second-order valence-electron chi connectivity index (χ2n) is 3.69. The highest BCUT2D eigenvalue weighted by atomic mass is 16.1. The number of carbonyl (C=O) groups excluding carboxylic acids is 1. The van der Waals surface area contributed by atoms with Crippen molar-refractivity contribution in [2.24, 2.45) is 10.9 Å². The van der Waals surface area contributed by atoms with Crippen molar-refractivity contribution in [1.82, 2.24) is 5.32 Å². The van der Waals surface area contributed by atoms with Gasteiger partial charge in [0.1, 0.15) is 6.34 Å². The number of nitrogens with two attached hydrogens (primary N) is 1. The van der Waals surface area contributed by atoms with E-state index in [9.17, 15) is 4.79 Å². The Kier molecular flexibility index (Phi) is 2.72. The van der Waals surface area contributed by atoms with Crippen LogP contribution in [0.5, 0.6) is 0 Å². The lowest BCUT2D eigenvalue weighted by atomic mass is 10.1. The third kappa shape index (κ3) is 1.69. The van der Waals surface area contributed by atoms with E-state index in [1.807, 2.05) is 31.2 Å². The Hall–Kier alpha value is -2.10. The topological polar surface area (TPSA) is 67.5 Å². The first-order valence-corrected chi connectivity index (χ1v) is 5.04. The van der Waals surface area contributed by atoms with E-state index < -0.39 is 0 Å². The van der Waals surface area contributed by atoms with Gasteiger partial charge >= 0.3 is 0 Å². The molecular formula is C12H13N3O. The van der Waals surface area contributed by atoms with Gasteiger partial charge in [-0.2, -0.15) is 5.10 Å². The zero-order chi connectivity index (χ0) is 11.5. The van der Waals surface area contributed by atoms with Gasteiger partial charge in [-0.05, 0) is 23.6 Å². The minimum Gasteiger partial charge on any atom is -0.322 e. The molecule has 0 unspecified atom stereocenters. The Balaban J connectivity index is 2.27. The molecule has 1 amide bonds. The van der Waals surface area contributed by atoms with E-state index >= 15 is 0 Å². The van der Waals surface area contributed by atoms with Crippen LogP contribution in [0.1, 0.15) is 18.1 Å². The number of amides is 1. The molecule has 4 heteroatoms. The van der Waals surface area contributed by atoms with Gasteiger partial charge in [-0.25, -0.2) is 0 Å². The zero-order valence-electron chi connectivity index (χ0n) is 9.03. The number of hydrogen-bond acceptors (Lipinski definition) is 3. The molecule has 1 aliphatic carbocycles. The molecule has 0 saturated heterocycles. The van der Waals surface area contributed by atoms with Gasteiger partial charge in [-0.15, -0.1) is 0 Å². The number of fused-ring (bicyclic) bond motifs is 1. The molecule has 2 rings (SSSR count). The molecule has 82 valence electrons. The molecule has 1 aromatic rings. The lowest BCUT2D eigenvalue weighted by Gasteiger charge is -2.01. The van der Waals surface area contributed by atoms with Crippen LogP contribution < -0.4 is 11.2 Å². The molecule has 0 heterocycles. The standard InChI is InChI=1S/C12H13N3O/c1-8-10-5-3-2-4-9(10)6-11(8)12(16)14-7-15-13/h2-5,7H,6,13H2,1H3,(H,14,15,16). The van der Waals surface area contributed by atoms with Crippen LogP contribution in [0, 0.1) is 0 Å². The maximum atomic E-state index is 11.8. The molecule has 0 radical (unpaired) electrons. The molecule has 0 bridgehead atoms. The van der Waals surface area contributed by atoms with Crippen LogP contribution in [-0.4, -0.2) is 12.2 Å². The molecule has 3 N–H and O–H groups in total. The van der Waals surface area contributed by atoms with Crippen molar-refractivity contribution in [1.29, 1.82) is 0 Å². The molecule has 1 aliphatic rings. The van der Waals surface area contributed by atoms with Crippen molar-refractivity contribution in [3.05, 3.63) is 41.0 Å². The summed E-state index contributed by atoms with van der Waals surface area (Å²) in [6.45, 7) is 1.96. The van der Waals surface area contributed by atoms with Gasteiger partial charge in [-0.3, -0.25) is 4.79 Å². The molecule has 4 nitrogen and oxygen atoms in total. The summed E-state index contributed by atoms with van der Waals surface area (Å²) in [5, 5.41) is 5.77. The summed E-state index contributed by atoms with van der Waals surface area (Å²) in [6, 6.07) is 8.02. The molecular weight excluding hydrogens is 202 g/mol. The van der Waals surface area contributed by atoms with Crippen LogP contribution in [0.3, 0.4) is 0 Å². The van der Waals surface area contributed by atoms with Crippen molar-refractivity contribution in [3.8, 4) is 0 Å². The molecule has 0 spiro atoms. The second-order valence-corrected chi connectivity index (χ2v) is 3.69. The second kappa shape index (κ2) is 4.18. The van der Waals surface area contributed by atoms with E-state index in [1.54, 1.807) is 0 Å². The fraction of sp³-hybridized carbons (Fsp3) is 0.167. The van der Waals surface area contributed by atoms with Gasteiger partial charge in [0.2, 0.25) is 0 Å². The number of nitrogens with one attached hydrogen (secondary N) is 1. The number of benzene rings is 1. The predicted octanol–water partition coefficient (Wildman–Crippen LogP) is 1.03. The average Bonchev–Trinajstić information content (AvgIpc) is 2.64. The van der Waals surface area contributed by atoms with E-state index in [-0.39, 0.29) is 5.91 Å². The van der Waals surface area contributed by atoms with Crippen LogP contribution in [0.4, 0.5) is 0 Å². The number of nitrogens with zero attached hydrogens (tertiary/aromatic N) is 1. The van der Waals surface area contributed by atoms with E-state index in [4.69, 9.17) is 5.84 Å². The quantitative estimate of drug-likeness (QED) is 0.335. The maximum Gasteiger partial charge on any atom is 0.252 e. The van der Waals surface area contributed by atoms with Crippen LogP contribution in [0.2, 0.25) is 0 Å². The molecule has 0 fully saturated rings. The molecule has 0 aliphatic heterocycles. The third-order valence-corrected chi connectivity index (χ3v) is 2.79. The van der Waals surface area contributed by atoms with Gasteiger partial charge < -0.3 is 11.2 Å². The predicted molar refractivity (Wildman–Crippen MR) is 63.6 cm³/mol. The van der Waals surface area contributed by atoms with Crippen molar-refractivity contribution >= 4 is 17.8 Å². The minimum atomic E-state index is -0.136. The average molecular weight is 215 g/mol. The Labute approximate surface area is 93.8 Å². The van der Waals surface area contributed by atoms with Gasteiger partial charge in [0.05, 0.1) is 0 Å². The maximum absolute atomic E-state index is 11.8. The van der Waals surface area contributed by atoms with Crippen LogP contribution >= 0.6 is 0 Å². The fourth-order valence-corrected chi connectivity index (χ4v) is 1.96. The first kappa shape index (κ1) is 10.4. The normalized spacial score (nSPS) is 14.3. The first-order chi connectivity index (χ1) is 7.74. The van der Waals surface area contributed by atoms with E-state index in [0.717, 1.165) is 16.7 Å². The summed E-state index contributed by atoms with van der Waals surface area (Å²) in [7, 11) is 0. The largest absolute Gasteiger partial charge is 0.322 e. The summed E-state index contributed by atoms with van der Waals surface area (Å²) >= 11 is 0. The summed E-state index contributed by atoms with van der Waals surface area (Å²) in [5.41, 5.74) is 4.15. The van der Waals surface area contributed by atoms with E-state index in [2.05, 4.69) is 10.4 Å². The lowest BCUT2D eigenvalue weighted by Crippen LogP contribution is -2.24. The number of rotatable bonds is 2.